The van der Waals surface area contributed by atoms with Gasteiger partial charge in [-0.3, -0.25) is 0 Å². The standard InChI is InChI=1S/C18H23N.H2S2/c1-11-4-3-5-14-15-7-6-13-9-18(15,8-12(13)2)16(10-19)17(11)14;1-2/h3-5,13,15-16H,2,6-10,19H2,1H3;1-2H. The third-order valence-corrected chi connectivity index (χ3v) is 6.27. The van der Waals surface area contributed by atoms with Crippen LogP contribution in [-0.2, 0) is 0 Å². The van der Waals surface area contributed by atoms with E-state index in [1.807, 2.05) is 0 Å². The topological polar surface area (TPSA) is 26.0 Å². The minimum Gasteiger partial charge on any atom is -0.330 e. The van der Waals surface area contributed by atoms with Crippen molar-refractivity contribution in [3.63, 3.8) is 0 Å². The fraction of sp³-hybridized carbons (Fsp3) is 0.556. The number of aryl methyl sites for hydroxylation is 1. The van der Waals surface area contributed by atoms with Gasteiger partial charge in [-0.2, -0.15) is 0 Å². The Hall–Kier alpha value is -0.380. The van der Waals surface area contributed by atoms with Crippen LogP contribution in [-0.4, -0.2) is 6.54 Å². The minimum absolute atomic E-state index is 0.420. The van der Waals surface area contributed by atoms with E-state index < -0.39 is 0 Å². The predicted octanol–water partition coefficient (Wildman–Crippen LogP) is 4.64. The van der Waals surface area contributed by atoms with Crippen LogP contribution in [0.1, 0.15) is 54.2 Å². The molecule has 1 spiro atoms. The number of nitrogens with two attached hydrogens (primary N) is 1. The van der Waals surface area contributed by atoms with Crippen LogP contribution in [0.3, 0.4) is 0 Å². The molecule has 0 saturated heterocycles. The molecule has 1 aromatic rings. The van der Waals surface area contributed by atoms with E-state index in [0.717, 1.165) is 18.4 Å². The van der Waals surface area contributed by atoms with E-state index in [2.05, 4.69) is 55.0 Å². The van der Waals surface area contributed by atoms with Crippen LogP contribution in [0.2, 0.25) is 0 Å². The van der Waals surface area contributed by atoms with Crippen molar-refractivity contribution >= 4 is 23.3 Å². The summed E-state index contributed by atoms with van der Waals surface area (Å²) in [6.45, 7) is 7.43. The summed E-state index contributed by atoms with van der Waals surface area (Å²) in [7, 11) is 0. The lowest BCUT2D eigenvalue weighted by Crippen LogP contribution is -2.33. The van der Waals surface area contributed by atoms with Crippen LogP contribution < -0.4 is 5.73 Å². The monoisotopic (exact) mass is 319 g/mol. The maximum absolute atomic E-state index is 6.22. The Labute approximate surface area is 138 Å². The normalized spacial score (nSPS) is 35.8. The molecule has 4 rings (SSSR count). The summed E-state index contributed by atoms with van der Waals surface area (Å²) in [5.74, 6) is 2.09. The minimum atomic E-state index is 0.420. The SMILES string of the molecule is C=C1CC23CC1CCC2c1cccc(C)c1C3CN.SS. The molecule has 2 fully saturated rings. The molecule has 4 unspecified atom stereocenters. The van der Waals surface area contributed by atoms with E-state index in [4.69, 9.17) is 5.73 Å². The molecular formula is C18H25NS2. The Morgan fingerprint density at radius 1 is 1.33 bits per heavy atom. The van der Waals surface area contributed by atoms with Gasteiger partial charge in [0.1, 0.15) is 0 Å². The van der Waals surface area contributed by atoms with Gasteiger partial charge in [-0.25, -0.2) is 0 Å². The van der Waals surface area contributed by atoms with Crippen molar-refractivity contribution in [1.29, 1.82) is 0 Å². The van der Waals surface area contributed by atoms with Crippen molar-refractivity contribution in [3.8, 4) is 0 Å². The zero-order valence-corrected chi connectivity index (χ0v) is 14.5. The van der Waals surface area contributed by atoms with Crippen LogP contribution in [0.5, 0.6) is 0 Å². The highest BCUT2D eigenvalue weighted by atomic mass is 33.1. The average molecular weight is 320 g/mol. The summed E-state index contributed by atoms with van der Waals surface area (Å²) in [6.07, 6.45) is 5.25. The van der Waals surface area contributed by atoms with Crippen molar-refractivity contribution in [1.82, 2.24) is 0 Å². The number of hydrogen-bond acceptors (Lipinski definition) is 3. The number of allylic oxidation sites excluding steroid dienone is 1. The second-order valence-electron chi connectivity index (χ2n) is 6.97. The Bertz CT molecular complexity index is 568. The molecule has 2 N–H and O–H groups in total. The molecule has 1 aromatic carbocycles. The quantitative estimate of drug-likeness (QED) is 0.392. The lowest BCUT2D eigenvalue weighted by Gasteiger charge is -2.40. The molecule has 3 aliphatic rings. The Kier molecular flexibility index (Phi) is 4.19. The highest BCUT2D eigenvalue weighted by Gasteiger charge is 2.59. The Morgan fingerprint density at radius 2 is 2.10 bits per heavy atom. The molecule has 3 heteroatoms. The van der Waals surface area contributed by atoms with Crippen molar-refractivity contribution in [2.75, 3.05) is 6.54 Å². The van der Waals surface area contributed by atoms with Crippen LogP contribution in [0.15, 0.2) is 30.4 Å². The van der Waals surface area contributed by atoms with Crippen LogP contribution in [0.4, 0.5) is 0 Å². The molecule has 2 saturated carbocycles. The maximum Gasteiger partial charge on any atom is 0.00323 e. The molecule has 4 atom stereocenters. The fourth-order valence-corrected chi connectivity index (χ4v) is 5.57. The smallest absolute Gasteiger partial charge is 0.00323 e. The van der Waals surface area contributed by atoms with Gasteiger partial charge >= 0.3 is 0 Å². The maximum atomic E-state index is 6.22. The molecule has 3 aliphatic carbocycles. The zero-order chi connectivity index (χ0) is 15.2. The molecule has 0 radical (unpaired) electrons. The van der Waals surface area contributed by atoms with Crippen LogP contribution in [0, 0.1) is 18.3 Å². The lowest BCUT2D eigenvalue weighted by molar-refractivity contribution is 0.154. The van der Waals surface area contributed by atoms with Gasteiger partial charge in [0.25, 0.3) is 0 Å². The largest absolute Gasteiger partial charge is 0.330 e. The van der Waals surface area contributed by atoms with E-state index in [1.54, 1.807) is 11.1 Å². The summed E-state index contributed by atoms with van der Waals surface area (Å²) in [5, 5.41) is 0. The van der Waals surface area contributed by atoms with Crippen LogP contribution in [0.25, 0.3) is 0 Å². The predicted molar refractivity (Wildman–Crippen MR) is 97.2 cm³/mol. The molecule has 0 aliphatic heterocycles. The van der Waals surface area contributed by atoms with Gasteiger partial charge in [0.05, 0.1) is 0 Å². The van der Waals surface area contributed by atoms with E-state index in [-0.39, 0.29) is 0 Å². The summed E-state index contributed by atoms with van der Waals surface area (Å²) in [5.41, 5.74) is 12.8. The van der Waals surface area contributed by atoms with E-state index in [9.17, 15) is 0 Å². The second kappa shape index (κ2) is 5.68. The molecule has 0 amide bonds. The van der Waals surface area contributed by atoms with Gasteiger partial charge in [0.2, 0.25) is 0 Å². The van der Waals surface area contributed by atoms with Gasteiger partial charge in [0.15, 0.2) is 0 Å². The molecule has 21 heavy (non-hydrogen) atoms. The molecule has 0 heterocycles. The molecule has 1 nitrogen and oxygen atoms in total. The third-order valence-electron chi connectivity index (χ3n) is 6.27. The number of benzene rings is 1. The van der Waals surface area contributed by atoms with E-state index in [1.165, 1.54) is 36.8 Å². The first-order valence-corrected chi connectivity index (χ1v) is 9.44. The third kappa shape index (κ3) is 2.04. The van der Waals surface area contributed by atoms with Gasteiger partial charge in [-0.1, -0.05) is 30.4 Å². The van der Waals surface area contributed by atoms with Crippen LogP contribution >= 0.6 is 23.3 Å². The molecule has 0 aromatic heterocycles. The Balaban J connectivity index is 0.000000636. The number of thiol groups is 2. The van der Waals surface area contributed by atoms with Crippen molar-refractivity contribution in [2.45, 2.75) is 44.4 Å². The van der Waals surface area contributed by atoms with Gasteiger partial charge in [0, 0.05) is 5.92 Å². The highest BCUT2D eigenvalue weighted by Crippen LogP contribution is 2.70. The zero-order valence-electron chi connectivity index (χ0n) is 12.7. The van der Waals surface area contributed by atoms with Crippen molar-refractivity contribution in [3.05, 3.63) is 47.0 Å². The summed E-state index contributed by atoms with van der Waals surface area (Å²) < 4.78 is 0. The first kappa shape index (κ1) is 15.5. The van der Waals surface area contributed by atoms with Gasteiger partial charge in [-0.15, -0.1) is 23.3 Å². The average Bonchev–Trinajstić information content (AvgIpc) is 2.93. The summed E-state index contributed by atoms with van der Waals surface area (Å²) in [6, 6.07) is 6.86. The van der Waals surface area contributed by atoms with Gasteiger partial charge < -0.3 is 5.73 Å². The molecule has 2 bridgehead atoms. The van der Waals surface area contributed by atoms with E-state index >= 15 is 0 Å². The lowest BCUT2D eigenvalue weighted by atomic mass is 9.64. The first-order chi connectivity index (χ1) is 10.2. The highest BCUT2D eigenvalue weighted by molar-refractivity contribution is 8.59. The van der Waals surface area contributed by atoms with Crippen molar-refractivity contribution < 1.29 is 0 Å². The van der Waals surface area contributed by atoms with Gasteiger partial charge in [-0.05, 0) is 73.1 Å². The Morgan fingerprint density at radius 3 is 2.81 bits per heavy atom. The van der Waals surface area contributed by atoms with E-state index in [0.29, 0.717) is 11.3 Å². The first-order valence-electron chi connectivity index (χ1n) is 7.84. The summed E-state index contributed by atoms with van der Waals surface area (Å²) in [4.78, 5) is 0. The fourth-order valence-electron chi connectivity index (χ4n) is 5.57. The number of hydrogen-bond donors (Lipinski definition) is 3. The molecule has 114 valence electrons. The molecular weight excluding hydrogens is 294 g/mol. The van der Waals surface area contributed by atoms with Crippen molar-refractivity contribution in [2.24, 2.45) is 17.1 Å². The second-order valence-corrected chi connectivity index (χ2v) is 6.97. The number of fused-ring (bicyclic) bond motifs is 3. The number of rotatable bonds is 1. The summed E-state index contributed by atoms with van der Waals surface area (Å²) >= 11 is 6.44.